The third-order valence-electron chi connectivity index (χ3n) is 2.60. The number of carbonyl (C=O) groups is 1. The lowest BCUT2D eigenvalue weighted by atomic mass is 10.0. The Hall–Kier alpha value is -1.85. The van der Waals surface area contributed by atoms with Crippen LogP contribution in [0.5, 0.6) is 0 Å². The van der Waals surface area contributed by atoms with Crippen LogP contribution in [0.4, 0.5) is 11.8 Å². The molecule has 0 unspecified atom stereocenters. The maximum absolute atomic E-state index is 10.6. The van der Waals surface area contributed by atoms with Gasteiger partial charge in [0.1, 0.15) is 5.82 Å². The molecule has 0 bridgehead atoms. The van der Waals surface area contributed by atoms with Crippen LogP contribution in [0.25, 0.3) is 0 Å². The molecule has 1 amide bonds. The first-order valence-corrected chi connectivity index (χ1v) is 5.79. The highest BCUT2D eigenvalue weighted by molar-refractivity contribution is 5.96. The van der Waals surface area contributed by atoms with Gasteiger partial charge in [-0.3, -0.25) is 4.79 Å². The Labute approximate surface area is 101 Å². The normalized spacial score (nSPS) is 14.6. The molecule has 0 atom stereocenters. The number of hydrogen-bond donors (Lipinski definition) is 3. The summed E-state index contributed by atoms with van der Waals surface area (Å²) in [5, 5.41) is 0. The number of rotatable bonds is 1. The maximum atomic E-state index is 10.6. The van der Waals surface area contributed by atoms with Crippen LogP contribution in [0.1, 0.15) is 48.9 Å². The molecule has 6 nitrogen and oxygen atoms in total. The van der Waals surface area contributed by atoms with Crippen LogP contribution >= 0.6 is 0 Å². The van der Waals surface area contributed by atoms with Crippen molar-refractivity contribution in [1.29, 1.82) is 0 Å². The molecule has 1 aromatic heterocycles. The fourth-order valence-electron chi connectivity index (χ4n) is 1.66. The number of amides is 1. The SMILES string of the molecule is C1CCCCC1.NC(=O)c1cnc(N)nc1N. The summed E-state index contributed by atoms with van der Waals surface area (Å²) < 4.78 is 0. The number of hydrogen-bond acceptors (Lipinski definition) is 5. The van der Waals surface area contributed by atoms with Gasteiger partial charge in [-0.1, -0.05) is 38.5 Å². The maximum Gasteiger partial charge on any atom is 0.254 e. The summed E-state index contributed by atoms with van der Waals surface area (Å²) in [6.45, 7) is 0. The second kappa shape index (κ2) is 6.67. The van der Waals surface area contributed by atoms with E-state index in [1.54, 1.807) is 0 Å². The fraction of sp³-hybridized carbons (Fsp3) is 0.545. The molecule has 2 rings (SSSR count). The van der Waals surface area contributed by atoms with Gasteiger partial charge in [0.05, 0.1) is 5.56 Å². The predicted octanol–water partition coefficient (Wildman–Crippen LogP) is 1.08. The summed E-state index contributed by atoms with van der Waals surface area (Å²) in [7, 11) is 0. The van der Waals surface area contributed by atoms with Gasteiger partial charge in [0, 0.05) is 6.20 Å². The molecule has 1 aliphatic carbocycles. The quantitative estimate of drug-likeness (QED) is 0.674. The van der Waals surface area contributed by atoms with E-state index < -0.39 is 5.91 Å². The molecule has 1 heterocycles. The summed E-state index contributed by atoms with van der Waals surface area (Å²) >= 11 is 0. The van der Waals surface area contributed by atoms with Crippen molar-refractivity contribution in [3.05, 3.63) is 11.8 Å². The molecular weight excluding hydrogens is 218 g/mol. The van der Waals surface area contributed by atoms with Gasteiger partial charge < -0.3 is 17.2 Å². The van der Waals surface area contributed by atoms with E-state index in [1.165, 1.54) is 44.7 Å². The highest BCUT2D eigenvalue weighted by Crippen LogP contribution is 2.15. The highest BCUT2D eigenvalue weighted by Gasteiger charge is 2.06. The third kappa shape index (κ3) is 4.67. The Morgan fingerprint density at radius 3 is 1.88 bits per heavy atom. The summed E-state index contributed by atoms with van der Waals surface area (Å²) in [6.07, 6.45) is 10.2. The number of primary amides is 1. The van der Waals surface area contributed by atoms with Gasteiger partial charge in [-0.05, 0) is 0 Å². The second-order valence-corrected chi connectivity index (χ2v) is 4.01. The molecule has 94 valence electrons. The number of nitrogens with zero attached hydrogens (tertiary/aromatic N) is 2. The summed E-state index contributed by atoms with van der Waals surface area (Å²) in [5.41, 5.74) is 15.5. The standard InChI is InChI=1S/C6H12.C5H7N5O/c1-2-4-6-5-3-1;6-3-2(4(7)11)1-9-5(8)10-3/h1-6H2;1H,(H2,7,11)(H4,6,8,9,10). The number of aromatic nitrogens is 2. The molecule has 0 radical (unpaired) electrons. The molecule has 6 heteroatoms. The molecule has 0 spiro atoms. The van der Waals surface area contributed by atoms with Crippen molar-refractivity contribution in [2.24, 2.45) is 5.73 Å². The predicted molar refractivity (Wildman–Crippen MR) is 67.1 cm³/mol. The van der Waals surface area contributed by atoms with Crippen LogP contribution in [0.2, 0.25) is 0 Å². The largest absolute Gasteiger partial charge is 0.383 e. The zero-order chi connectivity index (χ0) is 12.7. The first-order valence-electron chi connectivity index (χ1n) is 5.79. The van der Waals surface area contributed by atoms with Crippen LogP contribution < -0.4 is 17.2 Å². The van der Waals surface area contributed by atoms with Crippen molar-refractivity contribution in [1.82, 2.24) is 9.97 Å². The molecule has 1 aliphatic rings. The van der Waals surface area contributed by atoms with Gasteiger partial charge in [-0.15, -0.1) is 0 Å². The second-order valence-electron chi connectivity index (χ2n) is 4.01. The Morgan fingerprint density at radius 1 is 1.06 bits per heavy atom. The van der Waals surface area contributed by atoms with Crippen molar-refractivity contribution in [3.8, 4) is 0 Å². The van der Waals surface area contributed by atoms with Crippen molar-refractivity contribution >= 4 is 17.7 Å². The van der Waals surface area contributed by atoms with Crippen molar-refractivity contribution in [2.45, 2.75) is 38.5 Å². The Morgan fingerprint density at radius 2 is 1.53 bits per heavy atom. The Kier molecular flexibility index (Phi) is 5.19. The molecule has 0 aliphatic heterocycles. The average molecular weight is 237 g/mol. The van der Waals surface area contributed by atoms with E-state index in [4.69, 9.17) is 17.2 Å². The molecule has 0 saturated heterocycles. The lowest BCUT2D eigenvalue weighted by Gasteiger charge is -2.05. The highest BCUT2D eigenvalue weighted by atomic mass is 16.1. The molecule has 1 aromatic rings. The van der Waals surface area contributed by atoms with E-state index in [0.717, 1.165) is 0 Å². The van der Waals surface area contributed by atoms with Gasteiger partial charge >= 0.3 is 0 Å². The number of carbonyl (C=O) groups excluding carboxylic acids is 1. The monoisotopic (exact) mass is 237 g/mol. The van der Waals surface area contributed by atoms with E-state index in [9.17, 15) is 4.79 Å². The van der Waals surface area contributed by atoms with Gasteiger partial charge in [-0.2, -0.15) is 4.98 Å². The van der Waals surface area contributed by atoms with Gasteiger partial charge in [0.25, 0.3) is 5.91 Å². The average Bonchev–Trinajstić information content (AvgIpc) is 2.31. The van der Waals surface area contributed by atoms with Gasteiger partial charge in [-0.25, -0.2) is 4.98 Å². The summed E-state index contributed by atoms with van der Waals surface area (Å²) in [5.74, 6) is -0.639. The van der Waals surface area contributed by atoms with Gasteiger partial charge in [0.15, 0.2) is 0 Å². The van der Waals surface area contributed by atoms with Crippen molar-refractivity contribution < 1.29 is 4.79 Å². The summed E-state index contributed by atoms with van der Waals surface area (Å²) in [6, 6.07) is 0. The molecule has 1 saturated carbocycles. The van der Waals surface area contributed by atoms with Crippen molar-refractivity contribution in [3.63, 3.8) is 0 Å². The van der Waals surface area contributed by atoms with Crippen LogP contribution in [-0.2, 0) is 0 Å². The molecule has 6 N–H and O–H groups in total. The van der Waals surface area contributed by atoms with E-state index in [2.05, 4.69) is 9.97 Å². The van der Waals surface area contributed by atoms with E-state index in [1.807, 2.05) is 0 Å². The third-order valence-corrected chi connectivity index (χ3v) is 2.60. The van der Waals surface area contributed by atoms with Crippen LogP contribution in [0.15, 0.2) is 6.20 Å². The smallest absolute Gasteiger partial charge is 0.254 e. The van der Waals surface area contributed by atoms with Crippen LogP contribution in [0.3, 0.4) is 0 Å². The van der Waals surface area contributed by atoms with Crippen LogP contribution in [0, 0.1) is 0 Å². The minimum absolute atomic E-state index is 0.00463. The van der Waals surface area contributed by atoms with Crippen LogP contribution in [-0.4, -0.2) is 15.9 Å². The van der Waals surface area contributed by atoms with Crippen molar-refractivity contribution in [2.75, 3.05) is 11.5 Å². The van der Waals surface area contributed by atoms with E-state index in [0.29, 0.717) is 0 Å². The van der Waals surface area contributed by atoms with E-state index >= 15 is 0 Å². The first kappa shape index (κ1) is 13.2. The zero-order valence-corrected chi connectivity index (χ0v) is 9.85. The number of anilines is 2. The first-order chi connectivity index (χ1) is 8.11. The lowest BCUT2D eigenvalue weighted by Crippen LogP contribution is -2.15. The zero-order valence-electron chi connectivity index (χ0n) is 9.85. The fourth-order valence-corrected chi connectivity index (χ4v) is 1.66. The minimum atomic E-state index is -0.664. The molecule has 0 aromatic carbocycles. The Bertz CT molecular complexity index is 365. The van der Waals surface area contributed by atoms with E-state index in [-0.39, 0.29) is 17.3 Å². The van der Waals surface area contributed by atoms with Gasteiger partial charge in [0.2, 0.25) is 5.95 Å². The number of nitrogen functional groups attached to an aromatic ring is 2. The lowest BCUT2D eigenvalue weighted by molar-refractivity contribution is 0.100. The minimum Gasteiger partial charge on any atom is -0.383 e. The molecule has 17 heavy (non-hydrogen) atoms. The molecule has 1 fully saturated rings. The summed E-state index contributed by atoms with van der Waals surface area (Å²) in [4.78, 5) is 17.6. The number of nitrogens with two attached hydrogens (primary N) is 3. The topological polar surface area (TPSA) is 121 Å². The Balaban J connectivity index is 0.000000202. The molecular formula is C11H19N5O.